The molecule has 2 amide bonds. The highest BCUT2D eigenvalue weighted by Gasteiger charge is 2.31. The van der Waals surface area contributed by atoms with Crippen molar-refractivity contribution in [3.05, 3.63) is 12.2 Å². The lowest BCUT2D eigenvalue weighted by Crippen LogP contribution is -2.43. The number of carbonyl (C=O) groups is 3. The van der Waals surface area contributed by atoms with Crippen LogP contribution in [-0.2, 0) is 19.2 Å². The van der Waals surface area contributed by atoms with Crippen molar-refractivity contribution in [1.82, 2.24) is 5.06 Å². The van der Waals surface area contributed by atoms with E-state index in [-0.39, 0.29) is 5.92 Å². The van der Waals surface area contributed by atoms with Crippen molar-refractivity contribution in [2.75, 3.05) is 0 Å². The summed E-state index contributed by atoms with van der Waals surface area (Å²) in [6.45, 7) is 3.67. The molecule has 0 fully saturated rings. The number of hydrogen-bond donors (Lipinski definition) is 1. The van der Waals surface area contributed by atoms with Crippen LogP contribution >= 0.6 is 0 Å². The number of nitrogens with two attached hydrogens (primary N) is 1. The smallest absolute Gasteiger partial charge is 0.328 e. The normalized spacial score (nSPS) is 18.8. The highest BCUT2D eigenvalue weighted by molar-refractivity contribution is 6.12. The van der Waals surface area contributed by atoms with E-state index in [9.17, 15) is 14.4 Å². The first kappa shape index (κ1) is 12.4. The first-order valence-corrected chi connectivity index (χ1v) is 5.01. The van der Waals surface area contributed by atoms with Gasteiger partial charge in [0.15, 0.2) is 0 Å². The van der Waals surface area contributed by atoms with E-state index in [1.54, 1.807) is 6.92 Å². The molecule has 1 aliphatic heterocycles. The molecule has 0 saturated heterocycles. The van der Waals surface area contributed by atoms with Crippen LogP contribution in [0.2, 0.25) is 0 Å². The molecule has 0 aromatic heterocycles. The highest BCUT2D eigenvalue weighted by Crippen LogP contribution is 2.10. The summed E-state index contributed by atoms with van der Waals surface area (Å²) in [7, 11) is 0. The van der Waals surface area contributed by atoms with E-state index in [2.05, 4.69) is 4.84 Å². The van der Waals surface area contributed by atoms with Crippen LogP contribution in [-0.4, -0.2) is 28.9 Å². The molecule has 0 radical (unpaired) electrons. The minimum atomic E-state index is -0.841. The van der Waals surface area contributed by atoms with Gasteiger partial charge in [-0.3, -0.25) is 9.59 Å². The minimum absolute atomic E-state index is 0.0757. The Morgan fingerprint density at radius 3 is 2.38 bits per heavy atom. The number of carbonyl (C=O) groups excluding carboxylic acids is 3. The van der Waals surface area contributed by atoms with Crippen LogP contribution in [0.25, 0.3) is 0 Å². The summed E-state index contributed by atoms with van der Waals surface area (Å²) < 4.78 is 0. The molecule has 0 aromatic carbocycles. The zero-order chi connectivity index (χ0) is 12.3. The predicted octanol–water partition coefficient (Wildman–Crippen LogP) is -0.257. The van der Waals surface area contributed by atoms with Crippen molar-refractivity contribution in [1.29, 1.82) is 0 Å². The third-order valence-corrected chi connectivity index (χ3v) is 2.48. The van der Waals surface area contributed by atoms with Crippen LogP contribution in [0.15, 0.2) is 12.2 Å². The van der Waals surface area contributed by atoms with Crippen molar-refractivity contribution in [3.8, 4) is 0 Å². The van der Waals surface area contributed by atoms with E-state index in [0.717, 1.165) is 12.2 Å². The van der Waals surface area contributed by atoms with Gasteiger partial charge < -0.3 is 10.6 Å². The molecule has 0 bridgehead atoms. The fourth-order valence-electron chi connectivity index (χ4n) is 1.11. The molecule has 0 aliphatic carbocycles. The lowest BCUT2D eigenvalue weighted by atomic mass is 10.0. The van der Waals surface area contributed by atoms with Gasteiger partial charge in [-0.15, -0.1) is 0 Å². The van der Waals surface area contributed by atoms with Crippen molar-refractivity contribution in [3.63, 3.8) is 0 Å². The summed E-state index contributed by atoms with van der Waals surface area (Å²) >= 11 is 0. The Bertz CT molecular complexity index is 333. The molecule has 1 rings (SSSR count). The molecule has 16 heavy (non-hydrogen) atoms. The zero-order valence-electron chi connectivity index (χ0n) is 9.17. The predicted molar refractivity (Wildman–Crippen MR) is 54.5 cm³/mol. The van der Waals surface area contributed by atoms with Gasteiger partial charge in [0.2, 0.25) is 0 Å². The molecule has 2 N–H and O–H groups in total. The quantitative estimate of drug-likeness (QED) is 0.667. The summed E-state index contributed by atoms with van der Waals surface area (Å²) in [5.74, 6) is -2.20. The van der Waals surface area contributed by atoms with Crippen LogP contribution in [0, 0.1) is 5.92 Å². The molecule has 0 saturated carbocycles. The average Bonchev–Trinajstić information content (AvgIpc) is 2.58. The largest absolute Gasteiger partial charge is 0.350 e. The van der Waals surface area contributed by atoms with Gasteiger partial charge in [0.05, 0.1) is 0 Å². The molecular formula is C10H14N2O4. The summed E-state index contributed by atoms with van der Waals surface area (Å²) in [4.78, 5) is 38.3. The van der Waals surface area contributed by atoms with Gasteiger partial charge in [0, 0.05) is 12.2 Å². The maximum Gasteiger partial charge on any atom is 0.350 e. The number of imide groups is 1. The third kappa shape index (κ3) is 2.46. The van der Waals surface area contributed by atoms with Crippen molar-refractivity contribution >= 4 is 17.8 Å². The molecule has 88 valence electrons. The first-order chi connectivity index (χ1) is 7.47. The Morgan fingerprint density at radius 1 is 1.44 bits per heavy atom. The van der Waals surface area contributed by atoms with Crippen molar-refractivity contribution in [2.45, 2.75) is 26.3 Å². The van der Waals surface area contributed by atoms with E-state index in [4.69, 9.17) is 5.73 Å². The lowest BCUT2D eigenvalue weighted by Gasteiger charge is -2.19. The van der Waals surface area contributed by atoms with E-state index >= 15 is 0 Å². The summed E-state index contributed by atoms with van der Waals surface area (Å²) in [5.41, 5.74) is 5.60. The number of hydroxylamine groups is 2. The zero-order valence-corrected chi connectivity index (χ0v) is 9.17. The molecule has 1 aliphatic rings. The van der Waals surface area contributed by atoms with E-state index < -0.39 is 23.8 Å². The molecule has 6 nitrogen and oxygen atoms in total. The summed E-state index contributed by atoms with van der Waals surface area (Å²) in [6, 6.07) is -0.841. The SMILES string of the molecule is CC[C@H](C)[C@H](N)C(=O)ON1C(=O)C=CC1=O. The number of amides is 2. The second-order valence-electron chi connectivity index (χ2n) is 3.63. The lowest BCUT2D eigenvalue weighted by molar-refractivity contribution is -0.197. The van der Waals surface area contributed by atoms with Gasteiger partial charge in [0.25, 0.3) is 11.8 Å². The molecule has 0 spiro atoms. The van der Waals surface area contributed by atoms with Gasteiger partial charge in [-0.05, 0) is 5.92 Å². The molecule has 0 aromatic rings. The molecule has 1 heterocycles. The second-order valence-corrected chi connectivity index (χ2v) is 3.63. The van der Waals surface area contributed by atoms with Gasteiger partial charge in [-0.2, -0.15) is 0 Å². The van der Waals surface area contributed by atoms with Gasteiger partial charge in [-0.1, -0.05) is 25.3 Å². The Labute approximate surface area is 93.0 Å². The van der Waals surface area contributed by atoms with Crippen LogP contribution in [0.1, 0.15) is 20.3 Å². The first-order valence-electron chi connectivity index (χ1n) is 5.01. The maximum absolute atomic E-state index is 11.5. The number of nitrogens with zero attached hydrogens (tertiary/aromatic N) is 1. The Balaban J connectivity index is 2.58. The Kier molecular flexibility index (Phi) is 3.78. The Hall–Kier alpha value is -1.69. The van der Waals surface area contributed by atoms with Crippen LogP contribution in [0.5, 0.6) is 0 Å². The van der Waals surface area contributed by atoms with E-state index in [1.165, 1.54) is 0 Å². The van der Waals surface area contributed by atoms with E-state index in [1.807, 2.05) is 6.92 Å². The van der Waals surface area contributed by atoms with Crippen LogP contribution < -0.4 is 5.73 Å². The van der Waals surface area contributed by atoms with Crippen LogP contribution in [0.3, 0.4) is 0 Å². The molecular weight excluding hydrogens is 212 g/mol. The van der Waals surface area contributed by atoms with Gasteiger partial charge >= 0.3 is 5.97 Å². The fraction of sp³-hybridized carbons (Fsp3) is 0.500. The van der Waals surface area contributed by atoms with Crippen LogP contribution in [0.4, 0.5) is 0 Å². The fourth-order valence-corrected chi connectivity index (χ4v) is 1.11. The van der Waals surface area contributed by atoms with Crippen molar-refractivity contribution in [2.24, 2.45) is 11.7 Å². The second kappa shape index (κ2) is 4.89. The highest BCUT2D eigenvalue weighted by atomic mass is 16.7. The molecule has 0 unspecified atom stereocenters. The summed E-state index contributed by atoms with van der Waals surface area (Å²) in [6.07, 6.45) is 2.77. The topological polar surface area (TPSA) is 89.7 Å². The van der Waals surface area contributed by atoms with Gasteiger partial charge in [-0.25, -0.2) is 4.79 Å². The Morgan fingerprint density at radius 2 is 1.94 bits per heavy atom. The monoisotopic (exact) mass is 226 g/mol. The number of rotatable bonds is 4. The van der Waals surface area contributed by atoms with E-state index in [0.29, 0.717) is 11.5 Å². The maximum atomic E-state index is 11.5. The molecule has 6 heteroatoms. The minimum Gasteiger partial charge on any atom is -0.328 e. The molecule has 2 atom stereocenters. The standard InChI is InChI=1S/C10H14N2O4/c1-3-6(2)9(11)10(15)16-12-7(13)4-5-8(12)14/h4-6,9H,3,11H2,1-2H3/t6-,9-/m0/s1. The van der Waals surface area contributed by atoms with Crippen molar-refractivity contribution < 1.29 is 19.2 Å². The van der Waals surface area contributed by atoms with Gasteiger partial charge in [0.1, 0.15) is 6.04 Å². The summed E-state index contributed by atoms with van der Waals surface area (Å²) in [5, 5.41) is 0.407. The number of hydrogen-bond acceptors (Lipinski definition) is 5. The third-order valence-electron chi connectivity index (χ3n) is 2.48. The average molecular weight is 226 g/mol.